The number of nitrogens with zero attached hydrogens (tertiary/aromatic N) is 4. The molecule has 1 aliphatic carbocycles. The molecule has 0 bridgehead atoms. The van der Waals surface area contributed by atoms with Crippen molar-refractivity contribution in [2.24, 2.45) is 16.3 Å². The molecule has 1 aliphatic rings. The maximum atomic E-state index is 9.84. The van der Waals surface area contributed by atoms with Crippen LogP contribution < -0.4 is 5.32 Å². The van der Waals surface area contributed by atoms with Gasteiger partial charge in [0, 0.05) is 27.1 Å². The molecule has 31 heavy (non-hydrogen) atoms. The number of allylic oxidation sites excluding steroid dienone is 2. The van der Waals surface area contributed by atoms with Gasteiger partial charge in [0.05, 0.1) is 23.0 Å². The van der Waals surface area contributed by atoms with E-state index < -0.39 is 5.41 Å². The Balaban J connectivity index is 2.05. The van der Waals surface area contributed by atoms with Crippen molar-refractivity contribution in [3.8, 4) is 6.07 Å². The van der Waals surface area contributed by atoms with Crippen molar-refractivity contribution in [2.45, 2.75) is 46.6 Å². The molecule has 0 aliphatic heterocycles. The summed E-state index contributed by atoms with van der Waals surface area (Å²) < 4.78 is 1.01. The highest BCUT2D eigenvalue weighted by molar-refractivity contribution is 14.1. The van der Waals surface area contributed by atoms with Gasteiger partial charge in [-0.2, -0.15) is 10.4 Å². The van der Waals surface area contributed by atoms with Gasteiger partial charge in [0.2, 0.25) is 0 Å². The summed E-state index contributed by atoms with van der Waals surface area (Å²) in [5.41, 5.74) is 3.22. The van der Waals surface area contributed by atoms with Crippen LogP contribution in [0.15, 0.2) is 53.1 Å². The number of pyridine rings is 1. The lowest BCUT2D eigenvalue weighted by atomic mass is 9.92. The number of nitrogens with one attached hydrogen (secondary N) is 2. The van der Waals surface area contributed by atoms with E-state index in [0.29, 0.717) is 22.9 Å². The standard InChI is InChI=1S/C23H27IN6O/c1-12(14(3)23(11-25)7-8-23)21(27-15(4)13(2)17(6)31)28-16(5)20-19-9-18(24)10-26-22(19)30-29-20/h9-10,13,15,27,31H,3,6-8H2,1-2,4-5H3,(H,26,29,30)/b21-12-,28-16+. The Kier molecular flexibility index (Phi) is 6.55. The van der Waals surface area contributed by atoms with Crippen molar-refractivity contribution in [3.05, 3.63) is 57.4 Å². The fourth-order valence-electron chi connectivity index (χ4n) is 3.34. The highest BCUT2D eigenvalue weighted by Gasteiger charge is 2.46. The summed E-state index contributed by atoms with van der Waals surface area (Å²) in [6, 6.07) is 4.28. The molecule has 2 aromatic rings. The van der Waals surface area contributed by atoms with Crippen LogP contribution in [0.3, 0.4) is 0 Å². The smallest absolute Gasteiger partial charge is 0.155 e. The van der Waals surface area contributed by atoms with E-state index in [-0.39, 0.29) is 17.7 Å². The van der Waals surface area contributed by atoms with Crippen LogP contribution in [0, 0.1) is 26.2 Å². The van der Waals surface area contributed by atoms with Gasteiger partial charge in [-0.05, 0) is 73.4 Å². The van der Waals surface area contributed by atoms with Gasteiger partial charge in [-0.3, -0.25) is 5.10 Å². The average molecular weight is 530 g/mol. The Hall–Kier alpha value is -2.67. The van der Waals surface area contributed by atoms with Crippen LogP contribution in [0.1, 0.15) is 46.2 Å². The molecule has 3 N–H and O–H groups in total. The summed E-state index contributed by atoms with van der Waals surface area (Å²) in [5, 5.41) is 31.1. The number of nitriles is 1. The summed E-state index contributed by atoms with van der Waals surface area (Å²) in [4.78, 5) is 9.24. The van der Waals surface area contributed by atoms with Gasteiger partial charge in [0.1, 0.15) is 11.5 Å². The molecule has 0 saturated heterocycles. The molecule has 0 spiro atoms. The number of aromatic nitrogens is 3. The minimum absolute atomic E-state index is 0.103. The van der Waals surface area contributed by atoms with Crippen molar-refractivity contribution in [1.29, 1.82) is 5.26 Å². The molecular formula is C23H27IN6O. The highest BCUT2D eigenvalue weighted by atomic mass is 127. The van der Waals surface area contributed by atoms with Gasteiger partial charge in [-0.1, -0.05) is 20.1 Å². The second-order valence-corrected chi connectivity index (χ2v) is 9.42. The summed E-state index contributed by atoms with van der Waals surface area (Å²) in [6.45, 7) is 15.5. The molecule has 0 amide bonds. The van der Waals surface area contributed by atoms with E-state index >= 15 is 0 Å². The number of aliphatic hydroxyl groups excluding tert-OH is 1. The Bertz CT molecular complexity index is 1150. The number of rotatable bonds is 8. The summed E-state index contributed by atoms with van der Waals surface area (Å²) >= 11 is 2.22. The number of aliphatic imine (C=N–C) groups is 1. The van der Waals surface area contributed by atoms with E-state index in [2.05, 4.69) is 62.3 Å². The van der Waals surface area contributed by atoms with E-state index in [0.717, 1.165) is 32.9 Å². The van der Waals surface area contributed by atoms with Crippen LogP contribution in [-0.2, 0) is 0 Å². The molecule has 2 unspecified atom stereocenters. The molecular weight excluding hydrogens is 503 g/mol. The van der Waals surface area contributed by atoms with Crippen LogP contribution >= 0.6 is 22.6 Å². The van der Waals surface area contributed by atoms with Crippen LogP contribution in [0.25, 0.3) is 11.0 Å². The zero-order valence-corrected chi connectivity index (χ0v) is 20.4. The molecule has 0 radical (unpaired) electrons. The molecule has 2 atom stereocenters. The number of H-pyrrole nitrogens is 1. The topological polar surface area (TPSA) is 110 Å². The first-order valence-corrected chi connectivity index (χ1v) is 11.2. The number of hydrogen-bond donors (Lipinski definition) is 3. The van der Waals surface area contributed by atoms with Crippen LogP contribution in [0.5, 0.6) is 0 Å². The predicted octanol–water partition coefficient (Wildman–Crippen LogP) is 5.15. The van der Waals surface area contributed by atoms with Crippen molar-refractivity contribution in [2.75, 3.05) is 0 Å². The van der Waals surface area contributed by atoms with Gasteiger partial charge in [-0.15, -0.1) is 0 Å². The molecule has 7 nitrogen and oxygen atoms in total. The van der Waals surface area contributed by atoms with E-state index in [1.807, 2.05) is 33.8 Å². The second kappa shape index (κ2) is 8.83. The molecule has 3 rings (SSSR count). The van der Waals surface area contributed by atoms with Gasteiger partial charge in [0.25, 0.3) is 0 Å². The number of aliphatic hydroxyl groups is 1. The lowest BCUT2D eigenvalue weighted by Gasteiger charge is -2.24. The summed E-state index contributed by atoms with van der Waals surface area (Å²) in [5.74, 6) is 0.528. The van der Waals surface area contributed by atoms with Gasteiger partial charge >= 0.3 is 0 Å². The van der Waals surface area contributed by atoms with Gasteiger partial charge in [0.15, 0.2) is 5.65 Å². The fraction of sp³-hybridized carbons (Fsp3) is 0.391. The molecule has 2 aromatic heterocycles. The third kappa shape index (κ3) is 4.66. The van der Waals surface area contributed by atoms with Gasteiger partial charge in [-0.25, -0.2) is 9.98 Å². The first-order chi connectivity index (χ1) is 14.6. The van der Waals surface area contributed by atoms with E-state index in [1.54, 1.807) is 6.20 Å². The third-order valence-corrected chi connectivity index (χ3v) is 6.58. The first-order valence-electron chi connectivity index (χ1n) is 10.1. The van der Waals surface area contributed by atoms with Gasteiger partial charge < -0.3 is 10.4 Å². The number of halogens is 1. The van der Waals surface area contributed by atoms with Crippen LogP contribution in [0.4, 0.5) is 0 Å². The largest absolute Gasteiger partial charge is 0.513 e. The lowest BCUT2D eigenvalue weighted by Crippen LogP contribution is -2.33. The zero-order chi connectivity index (χ0) is 22.9. The van der Waals surface area contributed by atoms with E-state index in [4.69, 9.17) is 4.99 Å². The Morgan fingerprint density at radius 2 is 2.06 bits per heavy atom. The average Bonchev–Trinajstić information content (AvgIpc) is 3.43. The lowest BCUT2D eigenvalue weighted by molar-refractivity contribution is 0.307. The fourth-order valence-corrected chi connectivity index (χ4v) is 3.79. The monoisotopic (exact) mass is 530 g/mol. The molecule has 2 heterocycles. The molecule has 1 fully saturated rings. The van der Waals surface area contributed by atoms with E-state index in [9.17, 15) is 10.4 Å². The molecule has 1 saturated carbocycles. The van der Waals surface area contributed by atoms with Crippen LogP contribution in [-0.4, -0.2) is 32.0 Å². The van der Waals surface area contributed by atoms with Crippen molar-refractivity contribution in [3.63, 3.8) is 0 Å². The summed E-state index contributed by atoms with van der Waals surface area (Å²) in [6.07, 6.45) is 3.40. The molecule has 0 aromatic carbocycles. The number of aromatic amines is 1. The van der Waals surface area contributed by atoms with Crippen molar-refractivity contribution < 1.29 is 5.11 Å². The minimum atomic E-state index is -0.505. The number of fused-ring (bicyclic) bond motifs is 1. The van der Waals surface area contributed by atoms with Crippen molar-refractivity contribution in [1.82, 2.24) is 20.5 Å². The molecule has 8 heteroatoms. The Labute approximate surface area is 196 Å². The molecule has 162 valence electrons. The van der Waals surface area contributed by atoms with Crippen LogP contribution in [0.2, 0.25) is 0 Å². The van der Waals surface area contributed by atoms with E-state index in [1.165, 1.54) is 0 Å². The number of hydrogen-bond acceptors (Lipinski definition) is 6. The third-order valence-electron chi connectivity index (χ3n) is 5.99. The minimum Gasteiger partial charge on any atom is -0.513 e. The second-order valence-electron chi connectivity index (χ2n) is 8.18. The predicted molar refractivity (Wildman–Crippen MR) is 131 cm³/mol. The Morgan fingerprint density at radius 1 is 1.39 bits per heavy atom. The highest BCUT2D eigenvalue weighted by Crippen LogP contribution is 2.53. The quantitative estimate of drug-likeness (QED) is 0.189. The normalized spacial score (nSPS) is 18.0. The zero-order valence-electron chi connectivity index (χ0n) is 18.3. The Morgan fingerprint density at radius 3 is 2.65 bits per heavy atom. The SMILES string of the molecule is C=C(O)C(C)C(C)NC(/N=C(\C)c1n[nH]c2ncc(I)cc12)=C(\C)C(=C)C1(C#N)CC1. The summed E-state index contributed by atoms with van der Waals surface area (Å²) in [7, 11) is 0. The maximum Gasteiger partial charge on any atom is 0.155 e. The van der Waals surface area contributed by atoms with Crippen molar-refractivity contribution >= 4 is 39.3 Å². The first kappa shape index (κ1) is 23.0. The maximum absolute atomic E-state index is 9.84.